The number of carbonyl (C=O) groups excluding carboxylic acids is 2. The molecule has 0 spiro atoms. The molecular weight excluding hydrogens is 581 g/mol. The highest BCUT2D eigenvalue weighted by atomic mass is 35.5. The first-order chi connectivity index (χ1) is 19.6. The number of nitrogens with one attached hydrogen (secondary N) is 1. The summed E-state index contributed by atoms with van der Waals surface area (Å²) in [6.45, 7) is 2.77. The second-order valence-electron chi connectivity index (χ2n) is 9.88. The van der Waals surface area contributed by atoms with Gasteiger partial charge >= 0.3 is 0 Å². The lowest BCUT2D eigenvalue weighted by Gasteiger charge is -2.32. The fraction of sp³-hybridized carbons (Fsp3) is 0.355. The van der Waals surface area contributed by atoms with Gasteiger partial charge in [-0.2, -0.15) is 0 Å². The number of amides is 2. The molecule has 10 heteroatoms. The summed E-state index contributed by atoms with van der Waals surface area (Å²) in [4.78, 5) is 29.0. The molecule has 1 atom stereocenters. The molecule has 0 aliphatic rings. The van der Waals surface area contributed by atoms with E-state index in [4.69, 9.17) is 23.2 Å². The number of para-hydroxylation sites is 1. The van der Waals surface area contributed by atoms with Gasteiger partial charge in [0.15, 0.2) is 0 Å². The Morgan fingerprint density at radius 3 is 2.20 bits per heavy atom. The number of anilines is 1. The first kappa shape index (κ1) is 32.4. The van der Waals surface area contributed by atoms with E-state index in [2.05, 4.69) is 5.32 Å². The Hall–Kier alpha value is -3.07. The molecule has 0 aliphatic heterocycles. The highest BCUT2D eigenvalue weighted by Crippen LogP contribution is 2.25. The minimum absolute atomic E-state index is 0.0393. The standard InChI is InChI=1S/C31H37Cl2N3O4S/c1-3-4-19-34-31(38)29(21-24-12-7-5-8-13-24)35(23-25-17-18-26(32)22-28(25)33)30(37)16-11-20-36(41(2,39)40)27-14-9-6-10-15-27/h5-10,12-15,17-18,22,29H,3-4,11,16,19-21,23H2,1-2H3,(H,34,38)/t29-/m0/s1. The Morgan fingerprint density at radius 1 is 0.927 bits per heavy atom. The molecule has 0 bridgehead atoms. The minimum atomic E-state index is -3.56. The lowest BCUT2D eigenvalue weighted by Crippen LogP contribution is -2.50. The molecule has 0 fully saturated rings. The predicted octanol–water partition coefficient (Wildman–Crippen LogP) is 6.10. The average Bonchev–Trinajstić information content (AvgIpc) is 2.94. The summed E-state index contributed by atoms with van der Waals surface area (Å²) in [5, 5.41) is 3.85. The van der Waals surface area contributed by atoms with Gasteiger partial charge in [0.25, 0.3) is 0 Å². The molecule has 0 saturated carbocycles. The zero-order valence-corrected chi connectivity index (χ0v) is 25.8. The zero-order chi connectivity index (χ0) is 29.8. The summed E-state index contributed by atoms with van der Waals surface area (Å²) in [5.74, 6) is -0.521. The number of hydrogen-bond donors (Lipinski definition) is 1. The summed E-state index contributed by atoms with van der Waals surface area (Å²) >= 11 is 12.6. The van der Waals surface area contributed by atoms with Crippen molar-refractivity contribution in [1.29, 1.82) is 0 Å². The van der Waals surface area contributed by atoms with Gasteiger partial charge in [-0.1, -0.05) is 91.1 Å². The first-order valence-corrected chi connectivity index (χ1v) is 16.3. The average molecular weight is 619 g/mol. The lowest BCUT2D eigenvalue weighted by atomic mass is 10.0. The maximum atomic E-state index is 13.9. The van der Waals surface area contributed by atoms with E-state index in [1.54, 1.807) is 47.4 Å². The third kappa shape index (κ3) is 10.1. The van der Waals surface area contributed by atoms with Crippen LogP contribution >= 0.6 is 23.2 Å². The van der Waals surface area contributed by atoms with Gasteiger partial charge in [0.2, 0.25) is 21.8 Å². The molecule has 220 valence electrons. The second-order valence-corrected chi connectivity index (χ2v) is 12.6. The topological polar surface area (TPSA) is 86.8 Å². The Kier molecular flexibility index (Phi) is 12.5. The molecule has 0 aromatic heterocycles. The van der Waals surface area contributed by atoms with Gasteiger partial charge in [0.1, 0.15) is 6.04 Å². The van der Waals surface area contributed by atoms with E-state index in [9.17, 15) is 18.0 Å². The minimum Gasteiger partial charge on any atom is -0.354 e. The van der Waals surface area contributed by atoms with Crippen LogP contribution in [0.1, 0.15) is 43.7 Å². The van der Waals surface area contributed by atoms with Crippen LogP contribution in [0.25, 0.3) is 0 Å². The zero-order valence-electron chi connectivity index (χ0n) is 23.4. The number of benzene rings is 3. The summed E-state index contributed by atoms with van der Waals surface area (Å²) < 4.78 is 26.3. The van der Waals surface area contributed by atoms with Crippen molar-refractivity contribution in [3.8, 4) is 0 Å². The molecule has 1 N–H and O–H groups in total. The van der Waals surface area contributed by atoms with Gasteiger partial charge in [-0.05, 0) is 48.2 Å². The van der Waals surface area contributed by atoms with Crippen LogP contribution in [0.5, 0.6) is 0 Å². The van der Waals surface area contributed by atoms with Crippen LogP contribution in [0.2, 0.25) is 10.0 Å². The molecule has 41 heavy (non-hydrogen) atoms. The lowest BCUT2D eigenvalue weighted by molar-refractivity contribution is -0.141. The van der Waals surface area contributed by atoms with Crippen molar-refractivity contribution >= 4 is 50.7 Å². The molecule has 0 unspecified atom stereocenters. The highest BCUT2D eigenvalue weighted by Gasteiger charge is 2.31. The van der Waals surface area contributed by atoms with Gasteiger partial charge < -0.3 is 10.2 Å². The van der Waals surface area contributed by atoms with Crippen molar-refractivity contribution in [2.75, 3.05) is 23.7 Å². The Labute approximate surface area is 253 Å². The van der Waals surface area contributed by atoms with Crippen LogP contribution in [0.4, 0.5) is 5.69 Å². The quantitative estimate of drug-likeness (QED) is 0.209. The van der Waals surface area contributed by atoms with E-state index < -0.39 is 16.1 Å². The van der Waals surface area contributed by atoms with Gasteiger partial charge in [0.05, 0.1) is 11.9 Å². The van der Waals surface area contributed by atoms with Crippen LogP contribution in [-0.2, 0) is 32.6 Å². The van der Waals surface area contributed by atoms with Crippen molar-refractivity contribution in [3.63, 3.8) is 0 Å². The second kappa shape index (κ2) is 15.8. The van der Waals surface area contributed by atoms with E-state index in [0.717, 1.165) is 24.7 Å². The molecule has 3 rings (SSSR count). The molecule has 7 nitrogen and oxygen atoms in total. The SMILES string of the molecule is CCCCNC(=O)[C@H](Cc1ccccc1)N(Cc1ccc(Cl)cc1Cl)C(=O)CCCN(c1ccccc1)S(C)(=O)=O. The third-order valence-electron chi connectivity index (χ3n) is 6.65. The van der Waals surface area contributed by atoms with Crippen LogP contribution in [-0.4, -0.2) is 50.5 Å². The molecule has 0 saturated heterocycles. The van der Waals surface area contributed by atoms with Gasteiger partial charge in [-0.25, -0.2) is 8.42 Å². The normalized spacial score (nSPS) is 12.0. The monoisotopic (exact) mass is 617 g/mol. The Balaban J connectivity index is 1.89. The van der Waals surface area contributed by atoms with E-state index in [0.29, 0.717) is 34.3 Å². The number of hydrogen-bond acceptors (Lipinski definition) is 4. The molecular formula is C31H37Cl2N3O4S. The summed E-state index contributed by atoms with van der Waals surface area (Å²) in [6, 6.07) is 22.6. The molecule has 3 aromatic rings. The van der Waals surface area contributed by atoms with Gasteiger partial charge in [-0.15, -0.1) is 0 Å². The molecule has 2 amide bonds. The summed E-state index contributed by atoms with van der Waals surface area (Å²) in [5.41, 5.74) is 2.10. The highest BCUT2D eigenvalue weighted by molar-refractivity contribution is 7.92. The molecule has 0 aliphatic carbocycles. The summed E-state index contributed by atoms with van der Waals surface area (Å²) in [6.07, 6.45) is 3.51. The predicted molar refractivity (Wildman–Crippen MR) is 167 cm³/mol. The van der Waals surface area contributed by atoms with Gasteiger partial charge in [0, 0.05) is 42.5 Å². The number of sulfonamides is 1. The van der Waals surface area contributed by atoms with Crippen molar-refractivity contribution in [2.45, 2.75) is 51.6 Å². The maximum absolute atomic E-state index is 13.9. The van der Waals surface area contributed by atoms with Crippen molar-refractivity contribution in [3.05, 3.63) is 100 Å². The molecule has 0 heterocycles. The maximum Gasteiger partial charge on any atom is 0.243 e. The molecule has 3 aromatic carbocycles. The van der Waals surface area contributed by atoms with E-state index in [-0.39, 0.29) is 37.7 Å². The number of rotatable bonds is 15. The van der Waals surface area contributed by atoms with Crippen LogP contribution in [0.15, 0.2) is 78.9 Å². The number of unbranched alkanes of at least 4 members (excludes halogenated alkanes) is 1. The summed E-state index contributed by atoms with van der Waals surface area (Å²) in [7, 11) is -3.56. The molecule has 0 radical (unpaired) electrons. The van der Waals surface area contributed by atoms with Crippen LogP contribution < -0.4 is 9.62 Å². The van der Waals surface area contributed by atoms with Crippen LogP contribution in [0, 0.1) is 0 Å². The van der Waals surface area contributed by atoms with Gasteiger partial charge in [-0.3, -0.25) is 13.9 Å². The van der Waals surface area contributed by atoms with Crippen molar-refractivity contribution in [1.82, 2.24) is 10.2 Å². The number of carbonyl (C=O) groups is 2. The first-order valence-electron chi connectivity index (χ1n) is 13.7. The smallest absolute Gasteiger partial charge is 0.243 e. The van der Waals surface area contributed by atoms with Crippen molar-refractivity contribution < 1.29 is 18.0 Å². The number of nitrogens with zero attached hydrogens (tertiary/aromatic N) is 2. The van der Waals surface area contributed by atoms with E-state index in [1.807, 2.05) is 43.3 Å². The van der Waals surface area contributed by atoms with E-state index in [1.165, 1.54) is 4.31 Å². The Bertz CT molecular complexity index is 1390. The Morgan fingerprint density at radius 2 is 1.59 bits per heavy atom. The fourth-order valence-electron chi connectivity index (χ4n) is 4.49. The van der Waals surface area contributed by atoms with Crippen LogP contribution in [0.3, 0.4) is 0 Å². The number of halogens is 2. The fourth-order valence-corrected chi connectivity index (χ4v) is 5.93. The van der Waals surface area contributed by atoms with Crippen molar-refractivity contribution in [2.24, 2.45) is 0 Å². The van der Waals surface area contributed by atoms with E-state index >= 15 is 0 Å². The third-order valence-corrected chi connectivity index (χ3v) is 8.43. The largest absolute Gasteiger partial charge is 0.354 e.